The van der Waals surface area contributed by atoms with Gasteiger partial charge in [0.15, 0.2) is 11.5 Å². The van der Waals surface area contributed by atoms with E-state index >= 15 is 0 Å². The van der Waals surface area contributed by atoms with E-state index in [2.05, 4.69) is 4.98 Å². The number of anilines is 1. The number of aliphatic hydroxyl groups excluding tert-OH is 1. The summed E-state index contributed by atoms with van der Waals surface area (Å²) in [6.07, 6.45) is 1.58. The Morgan fingerprint density at radius 3 is 2.54 bits per heavy atom. The summed E-state index contributed by atoms with van der Waals surface area (Å²) in [5.74, 6) is -0.193. The molecule has 2 aliphatic heterocycles. The maximum atomic E-state index is 13.4. The molecule has 8 heteroatoms. The Morgan fingerprint density at radius 2 is 1.77 bits per heavy atom. The molecule has 1 aromatic heterocycles. The van der Waals surface area contributed by atoms with Gasteiger partial charge in [-0.25, -0.2) is 0 Å². The topological polar surface area (TPSA) is 98.2 Å². The Bertz CT molecular complexity index is 1600. The molecule has 1 unspecified atom stereocenters. The number of pyridine rings is 1. The molecule has 0 bridgehead atoms. The van der Waals surface area contributed by atoms with Gasteiger partial charge in [-0.15, -0.1) is 0 Å². The van der Waals surface area contributed by atoms with Crippen molar-refractivity contribution in [2.45, 2.75) is 19.6 Å². The lowest BCUT2D eigenvalue weighted by Crippen LogP contribution is -2.29. The van der Waals surface area contributed by atoms with Crippen LogP contribution in [-0.4, -0.2) is 28.6 Å². The normalized spacial score (nSPS) is 17.5. The van der Waals surface area contributed by atoms with Crippen molar-refractivity contribution in [3.05, 3.63) is 119 Å². The van der Waals surface area contributed by atoms with E-state index in [9.17, 15) is 14.7 Å². The van der Waals surface area contributed by atoms with Crippen LogP contribution in [0.4, 0.5) is 5.69 Å². The Labute approximate surface area is 224 Å². The number of rotatable bonds is 6. The van der Waals surface area contributed by atoms with Crippen LogP contribution in [-0.2, 0) is 16.2 Å². The standard InChI is InChI=1S/C31H24N2O6/c1-19-15-21(10-12-24(19)37-17-20-7-3-2-4-8-20)29(34)27-28(23-9-5-6-14-32-23)33(31(36)30(27)35)22-11-13-25-26(16-22)39-18-38-25/h2-16,28,34H,17-18H2,1H3/b29-27+. The Balaban J connectivity index is 1.39. The average molecular weight is 521 g/mol. The number of aliphatic hydroxyl groups is 1. The molecule has 4 aromatic rings. The molecule has 3 aromatic carbocycles. The van der Waals surface area contributed by atoms with E-state index in [-0.39, 0.29) is 18.1 Å². The second-order valence-electron chi connectivity index (χ2n) is 9.22. The van der Waals surface area contributed by atoms with Gasteiger partial charge in [-0.3, -0.25) is 19.5 Å². The van der Waals surface area contributed by atoms with Gasteiger partial charge in [0.25, 0.3) is 11.7 Å². The van der Waals surface area contributed by atoms with Crippen molar-refractivity contribution in [2.75, 3.05) is 11.7 Å². The van der Waals surface area contributed by atoms with Crippen molar-refractivity contribution >= 4 is 23.1 Å². The molecule has 39 heavy (non-hydrogen) atoms. The lowest BCUT2D eigenvalue weighted by atomic mass is 9.97. The highest BCUT2D eigenvalue weighted by Gasteiger charge is 2.48. The van der Waals surface area contributed by atoms with Gasteiger partial charge in [0.05, 0.1) is 11.3 Å². The van der Waals surface area contributed by atoms with E-state index < -0.39 is 17.7 Å². The monoisotopic (exact) mass is 520 g/mol. The summed E-state index contributed by atoms with van der Waals surface area (Å²) in [5.41, 5.74) is 3.02. The number of hydrogen-bond donors (Lipinski definition) is 1. The SMILES string of the molecule is Cc1cc(/C(O)=C2\C(=O)C(=O)N(c3ccc4c(c3)OCO4)C2c2ccccn2)ccc1OCc1ccccc1. The van der Waals surface area contributed by atoms with Crippen LogP contribution in [0.25, 0.3) is 5.76 Å². The third-order valence-corrected chi connectivity index (χ3v) is 6.73. The summed E-state index contributed by atoms with van der Waals surface area (Å²) in [6.45, 7) is 2.33. The van der Waals surface area contributed by atoms with Gasteiger partial charge in [-0.2, -0.15) is 0 Å². The Hall–Kier alpha value is -5.11. The maximum Gasteiger partial charge on any atom is 0.300 e. The van der Waals surface area contributed by atoms with E-state index in [4.69, 9.17) is 14.2 Å². The maximum absolute atomic E-state index is 13.4. The fourth-order valence-electron chi connectivity index (χ4n) is 4.80. The first-order valence-corrected chi connectivity index (χ1v) is 12.4. The van der Waals surface area contributed by atoms with Crippen LogP contribution in [0.3, 0.4) is 0 Å². The number of Topliss-reactive ketones (excluding diaryl/α,β-unsaturated/α-hetero) is 1. The molecule has 1 atom stereocenters. The molecular weight excluding hydrogens is 496 g/mol. The first-order chi connectivity index (χ1) is 19.0. The summed E-state index contributed by atoms with van der Waals surface area (Å²) in [7, 11) is 0. The lowest BCUT2D eigenvalue weighted by molar-refractivity contribution is -0.132. The molecule has 0 saturated carbocycles. The quantitative estimate of drug-likeness (QED) is 0.209. The number of carbonyl (C=O) groups is 2. The van der Waals surface area contributed by atoms with Gasteiger partial charge >= 0.3 is 0 Å². The Morgan fingerprint density at radius 1 is 0.974 bits per heavy atom. The fraction of sp³-hybridized carbons (Fsp3) is 0.129. The van der Waals surface area contributed by atoms with Gasteiger partial charge in [-0.1, -0.05) is 36.4 Å². The molecule has 0 aliphatic carbocycles. The molecule has 1 fully saturated rings. The number of benzene rings is 3. The molecule has 194 valence electrons. The summed E-state index contributed by atoms with van der Waals surface area (Å²) in [4.78, 5) is 32.6. The van der Waals surface area contributed by atoms with Crippen LogP contribution in [0, 0.1) is 6.92 Å². The minimum Gasteiger partial charge on any atom is -0.507 e. The molecule has 3 heterocycles. The number of amides is 1. The highest BCUT2D eigenvalue weighted by atomic mass is 16.7. The largest absolute Gasteiger partial charge is 0.507 e. The van der Waals surface area contributed by atoms with E-state index in [0.29, 0.717) is 40.8 Å². The minimum absolute atomic E-state index is 0.0475. The zero-order chi connectivity index (χ0) is 26.9. The lowest BCUT2D eigenvalue weighted by Gasteiger charge is -2.24. The van der Waals surface area contributed by atoms with Crippen LogP contribution in [0.5, 0.6) is 17.2 Å². The van der Waals surface area contributed by atoms with E-state index in [1.54, 1.807) is 60.8 Å². The smallest absolute Gasteiger partial charge is 0.300 e. The number of fused-ring (bicyclic) bond motifs is 1. The third kappa shape index (κ3) is 4.46. The van der Waals surface area contributed by atoms with Crippen molar-refractivity contribution in [3.63, 3.8) is 0 Å². The van der Waals surface area contributed by atoms with Crippen LogP contribution >= 0.6 is 0 Å². The van der Waals surface area contributed by atoms with E-state index in [1.807, 2.05) is 37.3 Å². The first-order valence-electron chi connectivity index (χ1n) is 12.4. The average Bonchev–Trinajstić information content (AvgIpc) is 3.54. The molecule has 1 saturated heterocycles. The van der Waals surface area contributed by atoms with Crippen LogP contribution < -0.4 is 19.1 Å². The molecule has 1 amide bonds. The molecule has 1 N–H and O–H groups in total. The summed E-state index contributed by atoms with van der Waals surface area (Å²) in [6, 6.07) is 24.2. The van der Waals surface area contributed by atoms with Crippen LogP contribution in [0.15, 0.2) is 96.7 Å². The molecular formula is C31H24N2O6. The van der Waals surface area contributed by atoms with Crippen molar-refractivity contribution in [2.24, 2.45) is 0 Å². The number of hydrogen-bond acceptors (Lipinski definition) is 7. The molecule has 2 aliphatic rings. The highest BCUT2D eigenvalue weighted by Crippen LogP contribution is 2.44. The van der Waals surface area contributed by atoms with Crippen LogP contribution in [0.2, 0.25) is 0 Å². The number of aromatic nitrogens is 1. The van der Waals surface area contributed by atoms with Crippen molar-refractivity contribution in [1.82, 2.24) is 4.98 Å². The Kier molecular flexibility index (Phi) is 6.20. The van der Waals surface area contributed by atoms with Gasteiger partial charge in [-0.05, 0) is 60.5 Å². The van der Waals surface area contributed by atoms with Crippen molar-refractivity contribution in [3.8, 4) is 17.2 Å². The molecule has 0 spiro atoms. The number of aryl methyl sites for hydroxylation is 1. The second kappa shape index (κ2) is 9.98. The number of carbonyl (C=O) groups excluding carboxylic acids is 2. The van der Waals surface area contributed by atoms with Crippen molar-refractivity contribution < 1.29 is 28.9 Å². The zero-order valence-electron chi connectivity index (χ0n) is 21.0. The predicted molar refractivity (Wildman–Crippen MR) is 144 cm³/mol. The molecule has 0 radical (unpaired) electrons. The molecule has 8 nitrogen and oxygen atoms in total. The number of ketones is 1. The number of ether oxygens (including phenoxy) is 3. The molecule has 6 rings (SSSR count). The number of nitrogens with zero attached hydrogens (tertiary/aromatic N) is 2. The van der Waals surface area contributed by atoms with Gasteiger partial charge in [0, 0.05) is 23.5 Å². The predicted octanol–water partition coefficient (Wildman–Crippen LogP) is 5.32. The van der Waals surface area contributed by atoms with Gasteiger partial charge < -0.3 is 19.3 Å². The summed E-state index contributed by atoms with van der Waals surface area (Å²) >= 11 is 0. The summed E-state index contributed by atoms with van der Waals surface area (Å²) in [5, 5.41) is 11.4. The summed E-state index contributed by atoms with van der Waals surface area (Å²) < 4.78 is 16.8. The van der Waals surface area contributed by atoms with Crippen molar-refractivity contribution in [1.29, 1.82) is 0 Å². The zero-order valence-corrected chi connectivity index (χ0v) is 21.0. The van der Waals surface area contributed by atoms with Gasteiger partial charge in [0.2, 0.25) is 6.79 Å². The third-order valence-electron chi connectivity index (χ3n) is 6.73. The van der Waals surface area contributed by atoms with Gasteiger partial charge in [0.1, 0.15) is 24.2 Å². The minimum atomic E-state index is -0.944. The van der Waals surface area contributed by atoms with E-state index in [1.165, 1.54) is 4.90 Å². The highest BCUT2D eigenvalue weighted by molar-refractivity contribution is 6.51. The second-order valence-corrected chi connectivity index (χ2v) is 9.22. The first kappa shape index (κ1) is 24.2. The fourth-order valence-corrected chi connectivity index (χ4v) is 4.80. The van der Waals surface area contributed by atoms with E-state index in [0.717, 1.165) is 11.1 Å². The van der Waals surface area contributed by atoms with Crippen LogP contribution in [0.1, 0.15) is 28.4 Å².